The molecule has 19 heteroatoms. The van der Waals surface area contributed by atoms with E-state index in [1.165, 1.54) is 4.90 Å². The third-order valence-electron chi connectivity index (χ3n) is 12.2. The molecule has 19 nitrogen and oxygen atoms in total. The van der Waals surface area contributed by atoms with Gasteiger partial charge in [-0.2, -0.15) is 0 Å². The molecule has 5 rings (SSSR count). The number of fused-ring (bicyclic) bond motifs is 2. The number of rotatable bonds is 9. The van der Waals surface area contributed by atoms with Crippen molar-refractivity contribution in [3.05, 3.63) is 71.9 Å². The second-order valence-corrected chi connectivity index (χ2v) is 17.4. The van der Waals surface area contributed by atoms with E-state index < -0.39 is 72.4 Å². The summed E-state index contributed by atoms with van der Waals surface area (Å²) in [5, 5.41) is 49.0. The molecular formula is C46H69N11O8. The fourth-order valence-electron chi connectivity index (χ4n) is 8.49. The van der Waals surface area contributed by atoms with Gasteiger partial charge in [0.25, 0.3) is 0 Å². The van der Waals surface area contributed by atoms with Crippen LogP contribution in [0.3, 0.4) is 0 Å². The Hall–Kier alpha value is -5.44. The Morgan fingerprint density at radius 3 is 2.31 bits per heavy atom. The number of para-hydroxylation sites is 1. The van der Waals surface area contributed by atoms with Crippen molar-refractivity contribution in [2.45, 2.75) is 133 Å². The summed E-state index contributed by atoms with van der Waals surface area (Å²) in [5.74, 6) is -3.11. The summed E-state index contributed by atoms with van der Waals surface area (Å²) in [5.41, 5.74) is 19.5. The van der Waals surface area contributed by atoms with Gasteiger partial charge in [-0.25, -0.2) is 0 Å². The monoisotopic (exact) mass is 904 g/mol. The standard InChI is InChI=1S/C46H69N11O8/c1-28-18-19-31(58)13-9-21-50-20-8-7-16-35(40(47)60)53-43(63)38(24-30-26-52-34-15-6-5-14-33(30)34)55-41(61)36(17-10-22-51-46(48)49)54-42(62)37(23-29-11-3-2-4-12-29)56-44(64)39-25-32(59)27-57(39)45(28)65/h2-6,11-12,14-15,26,28,32,35-40,43,50,52-53,59-60,63H,7-10,13,16-25,27,47H2,1H3,(H,54,62)(H,55,61)(H,56,64)(H4,48,49,51)/t28-,32+,35-,36?,37+,38?,39-,40?,43?/m0/s1. The molecular weight excluding hydrogens is 835 g/mol. The topological polar surface area (TPSA) is 316 Å². The molecule has 9 atom stereocenters. The minimum absolute atomic E-state index is 0.0178. The van der Waals surface area contributed by atoms with Gasteiger partial charge in [-0.15, -0.1) is 0 Å². The average Bonchev–Trinajstić information content (AvgIpc) is 3.89. The smallest absolute Gasteiger partial charge is 0.243 e. The molecule has 0 spiro atoms. The van der Waals surface area contributed by atoms with Gasteiger partial charge in [-0.1, -0.05) is 61.9 Å². The van der Waals surface area contributed by atoms with E-state index >= 15 is 0 Å². The van der Waals surface area contributed by atoms with E-state index in [0.717, 1.165) is 22.9 Å². The zero-order chi connectivity index (χ0) is 46.9. The highest BCUT2D eigenvalue weighted by molar-refractivity contribution is 5.95. The number of carbonyl (C=O) groups excluding carboxylic acids is 5. The van der Waals surface area contributed by atoms with Gasteiger partial charge >= 0.3 is 0 Å². The van der Waals surface area contributed by atoms with Gasteiger partial charge in [0.1, 0.15) is 36.4 Å². The van der Waals surface area contributed by atoms with Crippen LogP contribution in [0.4, 0.5) is 0 Å². The molecule has 4 amide bonds. The van der Waals surface area contributed by atoms with Crippen molar-refractivity contribution in [2.75, 3.05) is 26.2 Å². The van der Waals surface area contributed by atoms with Gasteiger partial charge in [0.05, 0.1) is 12.1 Å². The zero-order valence-electron chi connectivity index (χ0n) is 37.3. The van der Waals surface area contributed by atoms with Crippen molar-refractivity contribution < 1.29 is 39.3 Å². The predicted octanol–water partition coefficient (Wildman–Crippen LogP) is -0.484. The molecule has 3 heterocycles. The van der Waals surface area contributed by atoms with Crippen LogP contribution in [0.25, 0.3) is 10.9 Å². The molecule has 2 aliphatic rings. The van der Waals surface area contributed by atoms with Crippen LogP contribution in [0.15, 0.2) is 65.8 Å². The second kappa shape index (κ2) is 25.3. The highest BCUT2D eigenvalue weighted by Gasteiger charge is 2.42. The molecule has 2 fully saturated rings. The number of nitrogens with two attached hydrogens (primary N) is 3. The van der Waals surface area contributed by atoms with Crippen LogP contribution in [0.5, 0.6) is 0 Å². The first kappa shape index (κ1) is 50.6. The van der Waals surface area contributed by atoms with Gasteiger partial charge in [-0.05, 0) is 75.2 Å². The number of H-pyrrole nitrogens is 1. The molecule has 0 bridgehead atoms. The second-order valence-electron chi connectivity index (χ2n) is 17.4. The first-order chi connectivity index (χ1) is 31.2. The van der Waals surface area contributed by atoms with E-state index in [2.05, 4.69) is 36.6 Å². The Balaban J connectivity index is 1.47. The Bertz CT molecular complexity index is 2040. The van der Waals surface area contributed by atoms with Crippen molar-refractivity contribution in [2.24, 2.45) is 28.1 Å². The number of guanidine groups is 1. The minimum atomic E-state index is -1.42. The summed E-state index contributed by atoms with van der Waals surface area (Å²) in [7, 11) is 0. The van der Waals surface area contributed by atoms with Crippen LogP contribution in [0.2, 0.25) is 0 Å². The number of ketones is 1. The van der Waals surface area contributed by atoms with E-state index in [0.29, 0.717) is 44.3 Å². The number of amides is 4. The SMILES string of the molecule is C[C@H]1CCC(=O)CCCNCCCC[C@@H](C(N)O)NC(O)C(Cc2c[nH]c3ccccc23)NC(=O)C(CCCN=C(N)N)NC(=O)[C@@H](Cc2ccccc2)NC(=O)[C@@H]2C[C@@H](O)CN2C1=O. The average molecular weight is 904 g/mol. The summed E-state index contributed by atoms with van der Waals surface area (Å²) in [4.78, 5) is 78.3. The molecule has 0 aliphatic carbocycles. The summed E-state index contributed by atoms with van der Waals surface area (Å²) in [6, 6.07) is 11.3. The quantitative estimate of drug-likeness (QED) is 0.0560. The molecule has 15 N–H and O–H groups in total. The van der Waals surface area contributed by atoms with Gasteiger partial charge in [0.2, 0.25) is 23.6 Å². The number of aliphatic hydroxyl groups excluding tert-OH is 3. The van der Waals surface area contributed by atoms with Crippen molar-refractivity contribution in [1.82, 2.24) is 36.5 Å². The molecule has 4 unspecified atom stereocenters. The maximum Gasteiger partial charge on any atom is 0.243 e. The number of aliphatic imine (C=N–C) groups is 1. The number of hydrogen-bond donors (Lipinski definition) is 12. The number of aromatic nitrogens is 1. The van der Waals surface area contributed by atoms with Crippen molar-refractivity contribution in [3.63, 3.8) is 0 Å². The van der Waals surface area contributed by atoms with Crippen LogP contribution in [-0.2, 0) is 36.8 Å². The van der Waals surface area contributed by atoms with Gasteiger partial charge in [-0.3, -0.25) is 34.3 Å². The largest absolute Gasteiger partial charge is 0.391 e. The maximum atomic E-state index is 14.5. The number of aliphatic hydroxyl groups is 3. The Kier molecular flexibility index (Phi) is 19.7. The normalized spacial score (nSPS) is 27.2. The zero-order valence-corrected chi connectivity index (χ0v) is 37.3. The van der Waals surface area contributed by atoms with Crippen LogP contribution in [-0.4, -0.2) is 136 Å². The lowest BCUT2D eigenvalue weighted by Gasteiger charge is -2.32. The van der Waals surface area contributed by atoms with Crippen LogP contribution in [0, 0.1) is 5.92 Å². The molecule has 2 aliphatic heterocycles. The maximum absolute atomic E-state index is 14.5. The van der Waals surface area contributed by atoms with E-state index in [1.54, 1.807) is 37.4 Å². The van der Waals surface area contributed by atoms with E-state index in [4.69, 9.17) is 17.2 Å². The molecule has 0 saturated carbocycles. The minimum Gasteiger partial charge on any atom is -0.391 e. The summed E-state index contributed by atoms with van der Waals surface area (Å²) in [6.45, 7) is 3.01. The summed E-state index contributed by atoms with van der Waals surface area (Å²) >= 11 is 0. The Labute approximate surface area is 380 Å². The van der Waals surface area contributed by atoms with Crippen LogP contribution >= 0.6 is 0 Å². The van der Waals surface area contributed by atoms with E-state index in [9.17, 15) is 39.3 Å². The number of Topliss-reactive ketones (excluding diaryl/α,β-unsaturated/α-hetero) is 1. The number of benzene rings is 2. The summed E-state index contributed by atoms with van der Waals surface area (Å²) < 4.78 is 0. The molecule has 2 aromatic carbocycles. The highest BCUT2D eigenvalue weighted by atomic mass is 16.3. The first-order valence-corrected chi connectivity index (χ1v) is 22.8. The van der Waals surface area contributed by atoms with Crippen molar-refractivity contribution >= 4 is 46.3 Å². The van der Waals surface area contributed by atoms with Gasteiger partial charge in [0, 0.05) is 67.8 Å². The number of nitrogens with zero attached hydrogens (tertiary/aromatic N) is 2. The lowest BCUT2D eigenvalue weighted by atomic mass is 9.99. The molecule has 2 saturated heterocycles. The fraction of sp³-hybridized carbons (Fsp3) is 0.565. The molecule has 0 radical (unpaired) electrons. The first-order valence-electron chi connectivity index (χ1n) is 22.8. The third-order valence-corrected chi connectivity index (χ3v) is 12.2. The Morgan fingerprint density at radius 1 is 0.846 bits per heavy atom. The van der Waals surface area contributed by atoms with Crippen LogP contribution in [0.1, 0.15) is 82.3 Å². The van der Waals surface area contributed by atoms with E-state index in [-0.39, 0.29) is 75.7 Å². The number of nitrogens with one attached hydrogen (secondary N) is 6. The fourth-order valence-corrected chi connectivity index (χ4v) is 8.49. The summed E-state index contributed by atoms with van der Waals surface area (Å²) in [6.07, 6.45) is 1.61. The number of carbonyl (C=O) groups is 5. The third kappa shape index (κ3) is 15.6. The number of hydrogen-bond acceptors (Lipinski definition) is 12. The Morgan fingerprint density at radius 2 is 1.55 bits per heavy atom. The predicted molar refractivity (Wildman–Crippen MR) is 246 cm³/mol. The molecule has 65 heavy (non-hydrogen) atoms. The molecule has 3 aromatic rings. The molecule has 1 aromatic heterocycles. The van der Waals surface area contributed by atoms with Crippen LogP contribution < -0.4 is 43.8 Å². The lowest BCUT2D eigenvalue weighted by molar-refractivity contribution is -0.142. The number of aromatic amines is 1. The lowest BCUT2D eigenvalue weighted by Crippen LogP contribution is -2.61. The van der Waals surface area contributed by atoms with Crippen molar-refractivity contribution in [3.8, 4) is 0 Å². The van der Waals surface area contributed by atoms with Gasteiger partial charge < -0.3 is 63.7 Å². The van der Waals surface area contributed by atoms with E-state index in [1.807, 2.05) is 30.3 Å². The molecule has 356 valence electrons. The van der Waals surface area contributed by atoms with Gasteiger partial charge in [0.15, 0.2) is 5.96 Å². The highest BCUT2D eigenvalue weighted by Crippen LogP contribution is 2.24. The van der Waals surface area contributed by atoms with Crippen molar-refractivity contribution in [1.29, 1.82) is 0 Å².